The van der Waals surface area contributed by atoms with Gasteiger partial charge in [0.2, 0.25) is 0 Å². The van der Waals surface area contributed by atoms with Crippen LogP contribution in [0.4, 0.5) is 0 Å². The molecule has 0 saturated carbocycles. The Morgan fingerprint density at radius 2 is 2.07 bits per heavy atom. The molecule has 0 aliphatic rings. The zero-order valence-corrected chi connectivity index (χ0v) is 9.53. The fourth-order valence-corrected chi connectivity index (χ4v) is 1.29. The van der Waals surface area contributed by atoms with Crippen LogP contribution in [0.1, 0.15) is 6.42 Å². The molecule has 2 nitrogen and oxygen atoms in total. The van der Waals surface area contributed by atoms with Gasteiger partial charge in [-0.3, -0.25) is 0 Å². The third-order valence-electron chi connectivity index (χ3n) is 1.73. The molecule has 0 aliphatic carbocycles. The Morgan fingerprint density at radius 3 is 2.71 bits per heavy atom. The molecule has 1 aromatic carbocycles. The van der Waals surface area contributed by atoms with E-state index in [2.05, 4.69) is 5.32 Å². The van der Waals surface area contributed by atoms with E-state index in [0.717, 1.165) is 18.7 Å². The van der Waals surface area contributed by atoms with Crippen molar-refractivity contribution < 1.29 is 4.74 Å². The van der Waals surface area contributed by atoms with E-state index in [1.165, 1.54) is 0 Å². The van der Waals surface area contributed by atoms with Crippen LogP contribution in [0.5, 0.6) is 5.75 Å². The van der Waals surface area contributed by atoms with Gasteiger partial charge in [-0.25, -0.2) is 0 Å². The van der Waals surface area contributed by atoms with Crippen LogP contribution in [-0.4, -0.2) is 20.2 Å². The summed E-state index contributed by atoms with van der Waals surface area (Å²) >= 11 is 11.6. The molecular formula is C10H13Cl2NO. The monoisotopic (exact) mass is 233 g/mol. The van der Waals surface area contributed by atoms with Crippen molar-refractivity contribution in [2.45, 2.75) is 6.42 Å². The molecule has 1 N–H and O–H groups in total. The summed E-state index contributed by atoms with van der Waals surface area (Å²) in [5.41, 5.74) is 0. The first-order valence-corrected chi connectivity index (χ1v) is 5.22. The highest BCUT2D eigenvalue weighted by atomic mass is 35.5. The first-order valence-electron chi connectivity index (χ1n) is 4.46. The van der Waals surface area contributed by atoms with E-state index < -0.39 is 0 Å². The van der Waals surface area contributed by atoms with Crippen molar-refractivity contribution in [2.75, 3.05) is 20.2 Å². The second kappa shape index (κ2) is 6.12. The average molecular weight is 234 g/mol. The lowest BCUT2D eigenvalue weighted by Gasteiger charge is -2.06. The van der Waals surface area contributed by atoms with Crippen LogP contribution in [0.25, 0.3) is 0 Å². The van der Waals surface area contributed by atoms with Gasteiger partial charge in [-0.05, 0) is 32.1 Å². The van der Waals surface area contributed by atoms with Gasteiger partial charge < -0.3 is 10.1 Å². The van der Waals surface area contributed by atoms with Crippen LogP contribution in [0.2, 0.25) is 10.0 Å². The Hall–Kier alpha value is -0.440. The number of ether oxygens (including phenoxy) is 1. The molecule has 1 aromatic rings. The number of hydrogen-bond donors (Lipinski definition) is 1. The predicted molar refractivity (Wildman–Crippen MR) is 60.5 cm³/mol. The molecule has 0 saturated heterocycles. The van der Waals surface area contributed by atoms with Crippen molar-refractivity contribution in [3.05, 3.63) is 28.2 Å². The maximum Gasteiger partial charge on any atom is 0.120 e. The molecule has 0 aliphatic heterocycles. The van der Waals surface area contributed by atoms with Crippen LogP contribution in [0.15, 0.2) is 18.2 Å². The van der Waals surface area contributed by atoms with Gasteiger partial charge in [0.15, 0.2) is 0 Å². The lowest BCUT2D eigenvalue weighted by molar-refractivity contribution is 0.310. The molecule has 0 unspecified atom stereocenters. The van der Waals surface area contributed by atoms with Gasteiger partial charge in [-0.1, -0.05) is 23.2 Å². The highest BCUT2D eigenvalue weighted by Gasteiger charge is 1.99. The van der Waals surface area contributed by atoms with Crippen LogP contribution in [0.3, 0.4) is 0 Å². The van der Waals surface area contributed by atoms with Crippen molar-refractivity contribution >= 4 is 23.2 Å². The molecular weight excluding hydrogens is 221 g/mol. The minimum atomic E-state index is 0.526. The van der Waals surface area contributed by atoms with Crippen LogP contribution in [-0.2, 0) is 0 Å². The van der Waals surface area contributed by atoms with Gasteiger partial charge in [-0.2, -0.15) is 0 Å². The summed E-state index contributed by atoms with van der Waals surface area (Å²) in [5.74, 6) is 0.760. The quantitative estimate of drug-likeness (QED) is 0.791. The van der Waals surface area contributed by atoms with E-state index >= 15 is 0 Å². The van der Waals surface area contributed by atoms with Crippen LogP contribution in [0, 0.1) is 0 Å². The Morgan fingerprint density at radius 1 is 1.29 bits per heavy atom. The third-order valence-corrected chi connectivity index (χ3v) is 2.47. The Bertz CT molecular complexity index is 291. The van der Waals surface area contributed by atoms with Gasteiger partial charge in [0, 0.05) is 6.07 Å². The molecule has 4 heteroatoms. The molecule has 0 atom stereocenters. The normalized spacial score (nSPS) is 10.2. The van der Waals surface area contributed by atoms with E-state index in [0.29, 0.717) is 16.7 Å². The van der Waals surface area contributed by atoms with Gasteiger partial charge in [-0.15, -0.1) is 0 Å². The van der Waals surface area contributed by atoms with Crippen LogP contribution < -0.4 is 10.1 Å². The van der Waals surface area contributed by atoms with Crippen molar-refractivity contribution in [2.24, 2.45) is 0 Å². The van der Waals surface area contributed by atoms with Gasteiger partial charge in [0.25, 0.3) is 0 Å². The van der Waals surface area contributed by atoms with Crippen molar-refractivity contribution in [1.82, 2.24) is 5.32 Å². The van der Waals surface area contributed by atoms with Gasteiger partial charge in [0.05, 0.1) is 16.7 Å². The number of nitrogens with one attached hydrogen (secondary N) is 1. The Balaban J connectivity index is 2.39. The van der Waals surface area contributed by atoms with Gasteiger partial charge >= 0.3 is 0 Å². The molecule has 0 radical (unpaired) electrons. The molecule has 14 heavy (non-hydrogen) atoms. The van der Waals surface area contributed by atoms with Crippen molar-refractivity contribution in [1.29, 1.82) is 0 Å². The predicted octanol–water partition coefficient (Wildman–Crippen LogP) is 2.98. The second-order valence-corrected chi connectivity index (χ2v) is 3.70. The maximum absolute atomic E-state index is 5.83. The van der Waals surface area contributed by atoms with E-state index in [9.17, 15) is 0 Å². The summed E-state index contributed by atoms with van der Waals surface area (Å²) < 4.78 is 5.46. The van der Waals surface area contributed by atoms with E-state index in [1.807, 2.05) is 13.1 Å². The summed E-state index contributed by atoms with van der Waals surface area (Å²) in [6.07, 6.45) is 0.969. The van der Waals surface area contributed by atoms with Gasteiger partial charge in [0.1, 0.15) is 5.75 Å². The first kappa shape index (κ1) is 11.6. The molecule has 0 amide bonds. The lowest BCUT2D eigenvalue weighted by atomic mass is 10.3. The molecule has 78 valence electrons. The maximum atomic E-state index is 5.83. The molecule has 0 bridgehead atoms. The molecule has 1 rings (SSSR count). The fraction of sp³-hybridized carbons (Fsp3) is 0.400. The SMILES string of the molecule is CNCCCOc1ccc(Cl)c(Cl)c1. The second-order valence-electron chi connectivity index (χ2n) is 2.88. The smallest absolute Gasteiger partial charge is 0.120 e. The zero-order valence-electron chi connectivity index (χ0n) is 8.02. The summed E-state index contributed by atoms with van der Waals surface area (Å²) in [4.78, 5) is 0. The number of rotatable bonds is 5. The van der Waals surface area contributed by atoms with E-state index in [1.54, 1.807) is 12.1 Å². The van der Waals surface area contributed by atoms with E-state index in [4.69, 9.17) is 27.9 Å². The van der Waals surface area contributed by atoms with Crippen LogP contribution >= 0.6 is 23.2 Å². The number of halogens is 2. The fourth-order valence-electron chi connectivity index (χ4n) is 1.01. The summed E-state index contributed by atoms with van der Waals surface area (Å²) in [5, 5.41) is 4.12. The average Bonchev–Trinajstić information content (AvgIpc) is 2.18. The zero-order chi connectivity index (χ0) is 10.4. The van der Waals surface area contributed by atoms with Crippen molar-refractivity contribution in [3.63, 3.8) is 0 Å². The first-order chi connectivity index (χ1) is 6.74. The Labute approximate surface area is 94.2 Å². The largest absolute Gasteiger partial charge is 0.493 e. The highest BCUT2D eigenvalue weighted by Crippen LogP contribution is 2.26. The minimum absolute atomic E-state index is 0.526. The third kappa shape index (κ3) is 3.74. The molecule has 0 fully saturated rings. The topological polar surface area (TPSA) is 21.3 Å². The summed E-state index contributed by atoms with van der Waals surface area (Å²) in [6, 6.07) is 5.27. The molecule has 0 heterocycles. The number of hydrogen-bond acceptors (Lipinski definition) is 2. The summed E-state index contributed by atoms with van der Waals surface area (Å²) in [6.45, 7) is 1.63. The number of benzene rings is 1. The van der Waals surface area contributed by atoms with Crippen molar-refractivity contribution in [3.8, 4) is 5.75 Å². The highest BCUT2D eigenvalue weighted by molar-refractivity contribution is 6.42. The molecule has 0 spiro atoms. The lowest BCUT2D eigenvalue weighted by Crippen LogP contribution is -2.11. The minimum Gasteiger partial charge on any atom is -0.493 e. The standard InChI is InChI=1S/C10H13Cl2NO/c1-13-5-2-6-14-8-3-4-9(11)10(12)7-8/h3-4,7,13H,2,5-6H2,1H3. The summed E-state index contributed by atoms with van der Waals surface area (Å²) in [7, 11) is 1.92. The molecule has 0 aromatic heterocycles. The Kier molecular flexibility index (Phi) is 5.09. The van der Waals surface area contributed by atoms with E-state index in [-0.39, 0.29) is 0 Å².